The number of rotatable bonds is 8. The van der Waals surface area contributed by atoms with Crippen LogP contribution in [0.25, 0.3) is 23.4 Å². The van der Waals surface area contributed by atoms with Crippen molar-refractivity contribution in [1.82, 2.24) is 10.1 Å². The van der Waals surface area contributed by atoms with Gasteiger partial charge in [-0.3, -0.25) is 0 Å². The first-order valence-electron chi connectivity index (χ1n) is 10.4. The molecule has 0 aliphatic carbocycles. The summed E-state index contributed by atoms with van der Waals surface area (Å²) in [5.41, 5.74) is 3.16. The highest BCUT2D eigenvalue weighted by molar-refractivity contribution is 5.87. The summed E-state index contributed by atoms with van der Waals surface area (Å²) in [5, 5.41) is 4.19. The molecular weight excluding hydrogens is 423 g/mol. The summed E-state index contributed by atoms with van der Waals surface area (Å²) >= 11 is 0. The fourth-order valence-corrected chi connectivity index (χ4v) is 3.11. The van der Waals surface area contributed by atoms with Gasteiger partial charge in [-0.2, -0.15) is 0 Å². The number of benzene rings is 2. The summed E-state index contributed by atoms with van der Waals surface area (Å²) in [7, 11) is 0. The summed E-state index contributed by atoms with van der Waals surface area (Å²) in [6.45, 7) is 2.14. The molecule has 0 saturated heterocycles. The number of hydrogen-bond acceptors (Lipinski definition) is 6. The minimum atomic E-state index is -0.491. The number of hydrogen-bond donors (Lipinski definition) is 0. The van der Waals surface area contributed by atoms with Gasteiger partial charge >= 0.3 is 5.97 Å². The lowest BCUT2D eigenvalue weighted by atomic mass is 10.1. The van der Waals surface area contributed by atoms with Crippen molar-refractivity contribution in [2.45, 2.75) is 13.5 Å². The Kier molecular flexibility index (Phi) is 6.90. The molecule has 0 spiro atoms. The Morgan fingerprint density at radius 2 is 1.82 bits per heavy atom. The number of carbonyl (C=O) groups is 1. The van der Waals surface area contributed by atoms with Crippen LogP contribution in [0.3, 0.4) is 0 Å². The maximum absolute atomic E-state index is 13.4. The maximum Gasteiger partial charge on any atom is 0.356 e. The molecule has 4 rings (SSSR count). The molecule has 0 aliphatic heterocycles. The average molecular weight is 444 g/mol. The summed E-state index contributed by atoms with van der Waals surface area (Å²) in [6.07, 6.45) is 5.18. The van der Waals surface area contributed by atoms with E-state index in [0.717, 1.165) is 5.56 Å². The molecule has 0 unspecified atom stereocenters. The van der Waals surface area contributed by atoms with Gasteiger partial charge in [0, 0.05) is 5.56 Å². The normalized spacial score (nSPS) is 11.0. The molecule has 2 heterocycles. The summed E-state index contributed by atoms with van der Waals surface area (Å²) in [6, 6.07) is 19.0. The van der Waals surface area contributed by atoms with E-state index >= 15 is 0 Å². The summed E-state index contributed by atoms with van der Waals surface area (Å²) in [5.74, 6) is 0.161. The molecular formula is C26H21FN2O4. The molecule has 0 radical (unpaired) electrons. The molecule has 0 N–H and O–H groups in total. The zero-order valence-corrected chi connectivity index (χ0v) is 17.9. The van der Waals surface area contributed by atoms with E-state index in [0.29, 0.717) is 28.3 Å². The van der Waals surface area contributed by atoms with Crippen LogP contribution in [0, 0.1) is 5.82 Å². The van der Waals surface area contributed by atoms with Gasteiger partial charge in [0.15, 0.2) is 5.76 Å². The van der Waals surface area contributed by atoms with Crippen LogP contribution in [0.4, 0.5) is 4.39 Å². The molecule has 166 valence electrons. The van der Waals surface area contributed by atoms with Gasteiger partial charge in [-0.25, -0.2) is 14.2 Å². The molecule has 0 amide bonds. The van der Waals surface area contributed by atoms with Crippen LogP contribution in [0.2, 0.25) is 0 Å². The van der Waals surface area contributed by atoms with Crippen LogP contribution in [-0.4, -0.2) is 22.7 Å². The minimum Gasteiger partial charge on any atom is -0.487 e. The Morgan fingerprint density at radius 3 is 2.52 bits per heavy atom. The third-order valence-electron chi connectivity index (χ3n) is 4.77. The first-order valence-corrected chi connectivity index (χ1v) is 10.4. The molecule has 0 bridgehead atoms. The van der Waals surface area contributed by atoms with Crippen molar-refractivity contribution >= 4 is 18.1 Å². The van der Waals surface area contributed by atoms with Crippen molar-refractivity contribution in [3.63, 3.8) is 0 Å². The summed E-state index contributed by atoms with van der Waals surface area (Å²) in [4.78, 5) is 15.9. The molecule has 7 heteroatoms. The van der Waals surface area contributed by atoms with E-state index in [2.05, 4.69) is 10.1 Å². The molecule has 0 fully saturated rings. The molecule has 2 aromatic carbocycles. The highest BCUT2D eigenvalue weighted by Crippen LogP contribution is 2.28. The average Bonchev–Trinajstić information content (AvgIpc) is 3.25. The number of nitrogens with zero attached hydrogens (tertiary/aromatic N) is 2. The fourth-order valence-electron chi connectivity index (χ4n) is 3.11. The van der Waals surface area contributed by atoms with E-state index in [1.165, 1.54) is 24.4 Å². The number of aromatic nitrogens is 2. The molecule has 0 atom stereocenters. The van der Waals surface area contributed by atoms with Crippen LogP contribution >= 0.6 is 0 Å². The molecule has 4 aromatic rings. The Labute approximate surface area is 190 Å². The smallest absolute Gasteiger partial charge is 0.356 e. The summed E-state index contributed by atoms with van der Waals surface area (Å²) < 4.78 is 29.8. The fraction of sp³-hybridized carbons (Fsp3) is 0.115. The second-order valence-electron chi connectivity index (χ2n) is 7.01. The van der Waals surface area contributed by atoms with Crippen molar-refractivity contribution < 1.29 is 23.2 Å². The van der Waals surface area contributed by atoms with Gasteiger partial charge < -0.3 is 14.0 Å². The zero-order chi connectivity index (χ0) is 23.0. The SMILES string of the molecule is CCOC(=O)c1ccc(OCc2c(-c3ccc(F)cc3)noc2C=Cc2ccccc2)cn1. The van der Waals surface area contributed by atoms with Crippen LogP contribution in [0.5, 0.6) is 5.75 Å². The standard InChI is InChI=1S/C26H21FN2O4/c1-2-31-26(30)23-14-13-21(16-28-23)32-17-22-24(15-8-18-6-4-3-5-7-18)33-29-25(22)19-9-11-20(27)12-10-19/h3-16H,2,17H2,1H3. The van der Waals surface area contributed by atoms with Crippen LogP contribution in [0.1, 0.15) is 34.3 Å². The van der Waals surface area contributed by atoms with Crippen molar-refractivity contribution in [2.24, 2.45) is 0 Å². The van der Waals surface area contributed by atoms with Crippen molar-refractivity contribution in [1.29, 1.82) is 0 Å². The largest absolute Gasteiger partial charge is 0.487 e. The van der Waals surface area contributed by atoms with E-state index in [-0.39, 0.29) is 24.7 Å². The van der Waals surface area contributed by atoms with Crippen molar-refractivity contribution in [2.75, 3.05) is 6.61 Å². The second-order valence-corrected chi connectivity index (χ2v) is 7.01. The van der Waals surface area contributed by atoms with Gasteiger partial charge in [-0.15, -0.1) is 0 Å². The number of carbonyl (C=O) groups excluding carboxylic acids is 1. The highest BCUT2D eigenvalue weighted by Gasteiger charge is 2.17. The van der Waals surface area contributed by atoms with Gasteiger partial charge in [0.2, 0.25) is 0 Å². The van der Waals surface area contributed by atoms with Crippen LogP contribution in [0.15, 0.2) is 77.4 Å². The van der Waals surface area contributed by atoms with E-state index in [4.69, 9.17) is 14.0 Å². The predicted octanol–water partition coefficient (Wildman–Crippen LogP) is 5.80. The number of ether oxygens (including phenoxy) is 2. The van der Waals surface area contributed by atoms with Crippen molar-refractivity contribution in [3.8, 4) is 17.0 Å². The second kappa shape index (κ2) is 10.4. The van der Waals surface area contributed by atoms with E-state index < -0.39 is 5.97 Å². The van der Waals surface area contributed by atoms with Crippen LogP contribution < -0.4 is 4.74 Å². The number of esters is 1. The number of pyridine rings is 1. The number of halogens is 1. The lowest BCUT2D eigenvalue weighted by Crippen LogP contribution is -2.07. The molecule has 33 heavy (non-hydrogen) atoms. The lowest BCUT2D eigenvalue weighted by Gasteiger charge is -2.07. The van der Waals surface area contributed by atoms with E-state index in [9.17, 15) is 9.18 Å². The van der Waals surface area contributed by atoms with Gasteiger partial charge in [-0.05, 0) is 55.0 Å². The molecule has 6 nitrogen and oxygen atoms in total. The van der Waals surface area contributed by atoms with Gasteiger partial charge in [0.1, 0.15) is 29.6 Å². The Hall–Kier alpha value is -4.26. The molecule has 0 aliphatic rings. The monoisotopic (exact) mass is 444 g/mol. The quantitative estimate of drug-likeness (QED) is 0.320. The van der Waals surface area contributed by atoms with Gasteiger partial charge in [0.05, 0.1) is 18.4 Å². The predicted molar refractivity (Wildman–Crippen MR) is 122 cm³/mol. The Balaban J connectivity index is 1.59. The third-order valence-corrected chi connectivity index (χ3v) is 4.77. The molecule has 0 saturated carbocycles. The van der Waals surface area contributed by atoms with Gasteiger partial charge in [0.25, 0.3) is 0 Å². The zero-order valence-electron chi connectivity index (χ0n) is 17.9. The van der Waals surface area contributed by atoms with E-state index in [1.807, 2.05) is 42.5 Å². The topological polar surface area (TPSA) is 74.5 Å². The Bertz CT molecular complexity index is 1230. The van der Waals surface area contributed by atoms with Crippen LogP contribution in [-0.2, 0) is 11.3 Å². The first-order chi connectivity index (χ1) is 16.1. The minimum absolute atomic E-state index is 0.130. The highest BCUT2D eigenvalue weighted by atomic mass is 19.1. The van der Waals surface area contributed by atoms with Gasteiger partial charge in [-0.1, -0.05) is 41.6 Å². The first kappa shape index (κ1) is 22.0. The molecule has 2 aromatic heterocycles. The van der Waals surface area contributed by atoms with Crippen molar-refractivity contribution in [3.05, 3.63) is 101 Å². The third kappa shape index (κ3) is 5.51. The Morgan fingerprint density at radius 1 is 1.03 bits per heavy atom. The maximum atomic E-state index is 13.4. The lowest BCUT2D eigenvalue weighted by molar-refractivity contribution is 0.0519. The van der Waals surface area contributed by atoms with E-state index in [1.54, 1.807) is 25.1 Å².